The first kappa shape index (κ1) is 12.6. The molecule has 0 aromatic rings. The van der Waals surface area contributed by atoms with Crippen LogP contribution in [0.2, 0.25) is 0 Å². The van der Waals surface area contributed by atoms with Gasteiger partial charge >= 0.3 is 0 Å². The second kappa shape index (κ2) is 3.73. The van der Waals surface area contributed by atoms with E-state index in [4.69, 9.17) is 11.5 Å². The Morgan fingerprint density at radius 3 is 2.63 bits per heavy atom. The Labute approximate surface area is 116 Å². The molecule has 108 valence electrons. The molecule has 4 aliphatic rings. The summed E-state index contributed by atoms with van der Waals surface area (Å²) in [4.78, 5) is 4.99. The third-order valence-electron chi connectivity index (χ3n) is 6.81. The van der Waals surface area contributed by atoms with E-state index in [1.54, 1.807) is 0 Å². The minimum atomic E-state index is 0.0953. The average Bonchev–Trinajstić information content (AvgIpc) is 2.80. The van der Waals surface area contributed by atoms with Gasteiger partial charge in [0.05, 0.1) is 0 Å². The Balaban J connectivity index is 1.48. The summed E-state index contributed by atoms with van der Waals surface area (Å²) in [7, 11) is 4.50. The van der Waals surface area contributed by atoms with E-state index in [-0.39, 0.29) is 5.54 Å². The summed E-state index contributed by atoms with van der Waals surface area (Å²) in [5, 5.41) is 0. The quantitative estimate of drug-likeness (QED) is 0.749. The fourth-order valence-electron chi connectivity index (χ4n) is 5.59. The molecule has 4 heteroatoms. The molecule has 0 aromatic heterocycles. The lowest BCUT2D eigenvalue weighted by Gasteiger charge is -2.45. The third kappa shape index (κ3) is 1.60. The number of hydrogen-bond donors (Lipinski definition) is 2. The van der Waals surface area contributed by atoms with E-state index in [2.05, 4.69) is 23.9 Å². The Morgan fingerprint density at radius 1 is 1.21 bits per heavy atom. The van der Waals surface area contributed by atoms with Gasteiger partial charge in [0, 0.05) is 42.2 Å². The second-order valence-electron chi connectivity index (χ2n) is 8.02. The molecule has 4 nitrogen and oxygen atoms in total. The summed E-state index contributed by atoms with van der Waals surface area (Å²) in [5.74, 6) is 0.624. The zero-order chi connectivity index (χ0) is 13.4. The zero-order valence-electron chi connectivity index (χ0n) is 12.3. The number of hydrogen-bond acceptors (Lipinski definition) is 4. The number of likely N-dealkylation sites (tertiary alicyclic amines) is 1. The molecule has 1 aliphatic carbocycles. The average molecular weight is 264 g/mol. The molecular formula is C15H28N4. The minimum Gasteiger partial charge on any atom is -0.327 e. The molecule has 4 rings (SSSR count). The van der Waals surface area contributed by atoms with E-state index < -0.39 is 0 Å². The first-order chi connectivity index (χ1) is 8.94. The van der Waals surface area contributed by atoms with Crippen LogP contribution in [0.5, 0.6) is 0 Å². The summed E-state index contributed by atoms with van der Waals surface area (Å²) >= 11 is 0. The highest BCUT2D eigenvalue weighted by Crippen LogP contribution is 2.63. The van der Waals surface area contributed by atoms with Crippen molar-refractivity contribution in [1.82, 2.24) is 9.80 Å². The van der Waals surface area contributed by atoms with Crippen molar-refractivity contribution in [3.8, 4) is 0 Å². The molecule has 5 atom stereocenters. The highest BCUT2D eigenvalue weighted by Gasteiger charge is 2.70. The van der Waals surface area contributed by atoms with Gasteiger partial charge in [-0.3, -0.25) is 0 Å². The van der Waals surface area contributed by atoms with Gasteiger partial charge in [0.15, 0.2) is 0 Å². The van der Waals surface area contributed by atoms with Crippen LogP contribution in [0.1, 0.15) is 32.1 Å². The maximum atomic E-state index is 6.72. The van der Waals surface area contributed by atoms with Gasteiger partial charge in [0.2, 0.25) is 0 Å². The number of nitrogens with two attached hydrogens (primary N) is 2. The highest BCUT2D eigenvalue weighted by molar-refractivity contribution is 5.26. The Kier molecular flexibility index (Phi) is 2.47. The number of nitrogens with zero attached hydrogens (tertiary/aromatic N) is 2. The molecule has 3 saturated heterocycles. The zero-order valence-corrected chi connectivity index (χ0v) is 12.3. The van der Waals surface area contributed by atoms with E-state index >= 15 is 0 Å². The van der Waals surface area contributed by atoms with Crippen LogP contribution in [0.4, 0.5) is 0 Å². The number of piperidine rings is 1. The van der Waals surface area contributed by atoms with Crippen LogP contribution in [0.3, 0.4) is 0 Å². The van der Waals surface area contributed by atoms with Crippen LogP contribution >= 0.6 is 0 Å². The molecule has 4 fully saturated rings. The van der Waals surface area contributed by atoms with Gasteiger partial charge in [-0.15, -0.1) is 0 Å². The fraction of sp³-hybridized carbons (Fsp3) is 1.00. The van der Waals surface area contributed by atoms with E-state index in [0.29, 0.717) is 23.4 Å². The SMILES string of the molecule is CN1CC2(C1)C[C@@]2(N)CC1[C@H](N)C[C@H]2CC[C@@H]1N2C. The first-order valence-electron chi connectivity index (χ1n) is 7.89. The lowest BCUT2D eigenvalue weighted by molar-refractivity contribution is 0.0600. The summed E-state index contributed by atoms with van der Waals surface area (Å²) in [6.07, 6.45) is 6.25. The van der Waals surface area contributed by atoms with Crippen molar-refractivity contribution in [3.63, 3.8) is 0 Å². The summed E-state index contributed by atoms with van der Waals surface area (Å²) < 4.78 is 0. The lowest BCUT2D eigenvalue weighted by Crippen LogP contribution is -2.57. The van der Waals surface area contributed by atoms with Crippen molar-refractivity contribution in [2.75, 3.05) is 27.2 Å². The molecule has 19 heavy (non-hydrogen) atoms. The maximum absolute atomic E-state index is 6.72. The molecular weight excluding hydrogens is 236 g/mol. The van der Waals surface area contributed by atoms with E-state index in [0.717, 1.165) is 12.5 Å². The molecule has 0 amide bonds. The largest absolute Gasteiger partial charge is 0.327 e. The van der Waals surface area contributed by atoms with Crippen LogP contribution < -0.4 is 11.5 Å². The van der Waals surface area contributed by atoms with E-state index in [9.17, 15) is 0 Å². The molecule has 1 saturated carbocycles. The Bertz CT molecular complexity index is 392. The van der Waals surface area contributed by atoms with Gasteiger partial charge in [0.1, 0.15) is 0 Å². The van der Waals surface area contributed by atoms with Crippen molar-refractivity contribution >= 4 is 0 Å². The molecule has 2 bridgehead atoms. The van der Waals surface area contributed by atoms with E-state index in [1.165, 1.54) is 38.8 Å². The summed E-state index contributed by atoms with van der Waals surface area (Å²) in [6.45, 7) is 2.41. The number of rotatable bonds is 2. The predicted octanol–water partition coefficient (Wildman–Crippen LogP) is 0.220. The monoisotopic (exact) mass is 264 g/mol. The Morgan fingerprint density at radius 2 is 1.95 bits per heavy atom. The molecule has 1 unspecified atom stereocenters. The molecule has 1 spiro atoms. The molecule has 3 heterocycles. The molecule has 4 N–H and O–H groups in total. The van der Waals surface area contributed by atoms with Gasteiger partial charge < -0.3 is 21.3 Å². The van der Waals surface area contributed by atoms with Gasteiger partial charge in [-0.1, -0.05) is 0 Å². The Hall–Kier alpha value is -0.160. The van der Waals surface area contributed by atoms with Gasteiger partial charge in [-0.25, -0.2) is 0 Å². The topological polar surface area (TPSA) is 58.5 Å². The van der Waals surface area contributed by atoms with Crippen LogP contribution in [0.15, 0.2) is 0 Å². The lowest BCUT2D eigenvalue weighted by atomic mass is 9.78. The standard InChI is InChI=1S/C15H28N4/c1-18-8-14(9-18)7-15(14,17)6-11-12(16)5-10-3-4-13(11)19(10)2/h10-13H,3-9,16-17H2,1-2H3/t10-,11?,12-,13+,15+/m1/s1. The molecule has 0 radical (unpaired) electrons. The smallest absolute Gasteiger partial charge is 0.0247 e. The van der Waals surface area contributed by atoms with Crippen molar-refractivity contribution < 1.29 is 0 Å². The first-order valence-corrected chi connectivity index (χ1v) is 7.89. The summed E-state index contributed by atoms with van der Waals surface area (Å²) in [6, 6.07) is 1.82. The van der Waals surface area contributed by atoms with Gasteiger partial charge in [0.25, 0.3) is 0 Å². The van der Waals surface area contributed by atoms with Gasteiger partial charge in [-0.2, -0.15) is 0 Å². The normalized spacial score (nSPS) is 52.4. The van der Waals surface area contributed by atoms with Crippen LogP contribution in [0.25, 0.3) is 0 Å². The molecule has 3 aliphatic heterocycles. The van der Waals surface area contributed by atoms with Crippen LogP contribution in [-0.2, 0) is 0 Å². The minimum absolute atomic E-state index is 0.0953. The fourth-order valence-corrected chi connectivity index (χ4v) is 5.59. The van der Waals surface area contributed by atoms with Gasteiger partial charge in [-0.05, 0) is 52.1 Å². The van der Waals surface area contributed by atoms with Crippen molar-refractivity contribution in [2.45, 2.75) is 55.8 Å². The van der Waals surface area contributed by atoms with Crippen molar-refractivity contribution in [2.24, 2.45) is 22.8 Å². The number of fused-ring (bicyclic) bond motifs is 2. The maximum Gasteiger partial charge on any atom is 0.0247 e. The second-order valence-corrected chi connectivity index (χ2v) is 8.02. The third-order valence-corrected chi connectivity index (χ3v) is 6.81. The molecule has 0 aromatic carbocycles. The summed E-state index contributed by atoms with van der Waals surface area (Å²) in [5.41, 5.74) is 13.7. The van der Waals surface area contributed by atoms with E-state index in [1.807, 2.05) is 0 Å². The predicted molar refractivity (Wildman–Crippen MR) is 76.7 cm³/mol. The van der Waals surface area contributed by atoms with Crippen molar-refractivity contribution in [3.05, 3.63) is 0 Å². The highest BCUT2D eigenvalue weighted by atomic mass is 15.2. The van der Waals surface area contributed by atoms with Crippen LogP contribution in [-0.4, -0.2) is 60.6 Å². The van der Waals surface area contributed by atoms with Crippen LogP contribution in [0, 0.1) is 11.3 Å². The van der Waals surface area contributed by atoms with Crippen molar-refractivity contribution in [1.29, 1.82) is 0 Å².